The van der Waals surface area contributed by atoms with Gasteiger partial charge in [0.1, 0.15) is 12.1 Å². The summed E-state index contributed by atoms with van der Waals surface area (Å²) in [5, 5.41) is 0. The standard InChI is InChI=1S/C20H25NO4/c1-4-24-19(22)20(2,21)13-16-11-8-12-17(23-3)18(16)25-14-15-9-6-5-7-10-15/h5-12H,4,13-14,21H2,1-3H3. The fourth-order valence-electron chi connectivity index (χ4n) is 2.52. The molecule has 0 aliphatic rings. The lowest BCUT2D eigenvalue weighted by Gasteiger charge is -2.24. The molecule has 0 saturated heterocycles. The highest BCUT2D eigenvalue weighted by atomic mass is 16.5. The molecular formula is C20H25NO4. The van der Waals surface area contributed by atoms with Crippen molar-refractivity contribution in [1.29, 1.82) is 0 Å². The Morgan fingerprint density at radius 2 is 1.84 bits per heavy atom. The highest BCUT2D eigenvalue weighted by molar-refractivity contribution is 5.80. The summed E-state index contributed by atoms with van der Waals surface area (Å²) in [6.07, 6.45) is 0.285. The summed E-state index contributed by atoms with van der Waals surface area (Å²) in [5.41, 5.74) is 6.87. The van der Waals surface area contributed by atoms with Crippen molar-refractivity contribution in [2.24, 2.45) is 5.73 Å². The van der Waals surface area contributed by atoms with E-state index in [9.17, 15) is 4.79 Å². The smallest absolute Gasteiger partial charge is 0.326 e. The molecule has 2 aromatic rings. The molecule has 25 heavy (non-hydrogen) atoms. The van der Waals surface area contributed by atoms with Crippen LogP contribution in [0.5, 0.6) is 11.5 Å². The molecule has 0 aromatic heterocycles. The second-order valence-electron chi connectivity index (χ2n) is 6.04. The van der Waals surface area contributed by atoms with Crippen LogP contribution in [-0.2, 0) is 22.6 Å². The van der Waals surface area contributed by atoms with E-state index in [0.29, 0.717) is 24.7 Å². The predicted octanol–water partition coefficient (Wildman–Crippen LogP) is 3.10. The van der Waals surface area contributed by atoms with Crippen molar-refractivity contribution in [1.82, 2.24) is 0 Å². The number of carbonyl (C=O) groups is 1. The maximum atomic E-state index is 12.1. The lowest BCUT2D eigenvalue weighted by Crippen LogP contribution is -2.48. The first-order chi connectivity index (χ1) is 12.0. The number of esters is 1. The molecule has 0 heterocycles. The number of rotatable bonds is 8. The Morgan fingerprint density at radius 3 is 2.48 bits per heavy atom. The van der Waals surface area contributed by atoms with Gasteiger partial charge in [0, 0.05) is 12.0 Å². The minimum atomic E-state index is -1.15. The maximum absolute atomic E-state index is 12.1. The van der Waals surface area contributed by atoms with Crippen molar-refractivity contribution in [2.45, 2.75) is 32.4 Å². The Hall–Kier alpha value is -2.53. The fourth-order valence-corrected chi connectivity index (χ4v) is 2.52. The summed E-state index contributed by atoms with van der Waals surface area (Å²) in [7, 11) is 1.58. The van der Waals surface area contributed by atoms with Crippen molar-refractivity contribution in [3.05, 3.63) is 59.7 Å². The van der Waals surface area contributed by atoms with E-state index in [1.807, 2.05) is 48.5 Å². The van der Waals surface area contributed by atoms with E-state index in [1.54, 1.807) is 21.0 Å². The zero-order valence-corrected chi connectivity index (χ0v) is 15.0. The molecule has 0 fully saturated rings. The van der Waals surface area contributed by atoms with Crippen molar-refractivity contribution >= 4 is 5.97 Å². The van der Waals surface area contributed by atoms with Crippen LogP contribution in [-0.4, -0.2) is 25.2 Å². The number of nitrogens with two attached hydrogens (primary N) is 1. The van der Waals surface area contributed by atoms with Gasteiger partial charge in [0.15, 0.2) is 11.5 Å². The number of para-hydroxylation sites is 1. The van der Waals surface area contributed by atoms with Crippen LogP contribution in [0.4, 0.5) is 0 Å². The first kappa shape index (κ1) is 18.8. The Kier molecular flexibility index (Phi) is 6.42. The summed E-state index contributed by atoms with van der Waals surface area (Å²) in [6, 6.07) is 15.4. The Morgan fingerprint density at radius 1 is 1.12 bits per heavy atom. The molecular weight excluding hydrogens is 318 g/mol. The SMILES string of the molecule is CCOC(=O)C(C)(N)Cc1cccc(OC)c1OCc1ccccc1. The quantitative estimate of drug-likeness (QED) is 0.746. The lowest BCUT2D eigenvalue weighted by atomic mass is 9.93. The Labute approximate surface area is 148 Å². The van der Waals surface area contributed by atoms with Gasteiger partial charge in [-0.3, -0.25) is 4.79 Å². The molecule has 0 aliphatic carbocycles. The highest BCUT2D eigenvalue weighted by Crippen LogP contribution is 2.33. The third kappa shape index (κ3) is 4.97. The molecule has 134 valence electrons. The third-order valence-electron chi connectivity index (χ3n) is 3.81. The number of ether oxygens (including phenoxy) is 3. The van der Waals surface area contributed by atoms with Crippen LogP contribution >= 0.6 is 0 Å². The van der Waals surface area contributed by atoms with E-state index < -0.39 is 11.5 Å². The van der Waals surface area contributed by atoms with E-state index in [2.05, 4.69) is 0 Å². The van der Waals surface area contributed by atoms with Crippen molar-refractivity contribution < 1.29 is 19.0 Å². The largest absolute Gasteiger partial charge is 0.493 e. The number of hydrogen-bond acceptors (Lipinski definition) is 5. The molecule has 0 amide bonds. The number of carbonyl (C=O) groups excluding carboxylic acids is 1. The zero-order chi connectivity index (χ0) is 18.3. The van der Waals surface area contributed by atoms with Gasteiger partial charge >= 0.3 is 5.97 Å². The molecule has 0 bridgehead atoms. The second kappa shape index (κ2) is 8.53. The topological polar surface area (TPSA) is 70.8 Å². The van der Waals surface area contributed by atoms with Gasteiger partial charge in [0.05, 0.1) is 13.7 Å². The van der Waals surface area contributed by atoms with Crippen LogP contribution in [0.2, 0.25) is 0 Å². The van der Waals surface area contributed by atoms with Gasteiger partial charge in [-0.1, -0.05) is 42.5 Å². The van der Waals surface area contributed by atoms with E-state index in [1.165, 1.54) is 0 Å². The molecule has 0 spiro atoms. The van der Waals surface area contributed by atoms with Crippen LogP contribution in [0.15, 0.2) is 48.5 Å². The van der Waals surface area contributed by atoms with E-state index in [0.717, 1.165) is 11.1 Å². The van der Waals surface area contributed by atoms with Crippen LogP contribution in [0.3, 0.4) is 0 Å². The minimum absolute atomic E-state index is 0.285. The van der Waals surface area contributed by atoms with Gasteiger partial charge in [0.2, 0.25) is 0 Å². The van der Waals surface area contributed by atoms with Crippen molar-refractivity contribution in [3.63, 3.8) is 0 Å². The average Bonchev–Trinajstić information content (AvgIpc) is 2.61. The van der Waals surface area contributed by atoms with E-state index >= 15 is 0 Å². The summed E-state index contributed by atoms with van der Waals surface area (Å²) in [6.45, 7) is 4.11. The molecule has 5 nitrogen and oxygen atoms in total. The number of hydrogen-bond donors (Lipinski definition) is 1. The molecule has 1 atom stereocenters. The summed E-state index contributed by atoms with van der Waals surface area (Å²) < 4.78 is 16.5. The van der Waals surface area contributed by atoms with Crippen LogP contribution in [0.25, 0.3) is 0 Å². The lowest BCUT2D eigenvalue weighted by molar-refractivity contribution is -0.148. The third-order valence-corrected chi connectivity index (χ3v) is 3.81. The molecule has 0 saturated carbocycles. The van der Waals surface area contributed by atoms with Gasteiger partial charge in [-0.25, -0.2) is 0 Å². The molecule has 5 heteroatoms. The zero-order valence-electron chi connectivity index (χ0n) is 15.0. The summed E-state index contributed by atoms with van der Waals surface area (Å²) >= 11 is 0. The molecule has 1 unspecified atom stereocenters. The normalized spacial score (nSPS) is 13.0. The summed E-state index contributed by atoms with van der Waals surface area (Å²) in [4.78, 5) is 12.1. The summed E-state index contributed by atoms with van der Waals surface area (Å²) in [5.74, 6) is 0.759. The van der Waals surface area contributed by atoms with Crippen LogP contribution in [0, 0.1) is 0 Å². The molecule has 2 N–H and O–H groups in total. The van der Waals surface area contributed by atoms with Crippen LogP contribution < -0.4 is 15.2 Å². The minimum Gasteiger partial charge on any atom is -0.493 e. The molecule has 2 aromatic carbocycles. The predicted molar refractivity (Wildman–Crippen MR) is 96.7 cm³/mol. The van der Waals surface area contributed by atoms with E-state index in [-0.39, 0.29) is 6.42 Å². The van der Waals surface area contributed by atoms with Crippen molar-refractivity contribution in [3.8, 4) is 11.5 Å². The number of methoxy groups -OCH3 is 1. The Balaban J connectivity index is 2.24. The monoisotopic (exact) mass is 343 g/mol. The number of benzene rings is 2. The Bertz CT molecular complexity index is 698. The second-order valence-corrected chi connectivity index (χ2v) is 6.04. The van der Waals surface area contributed by atoms with Gasteiger partial charge in [0.25, 0.3) is 0 Å². The first-order valence-electron chi connectivity index (χ1n) is 8.26. The maximum Gasteiger partial charge on any atom is 0.326 e. The van der Waals surface area contributed by atoms with Crippen LogP contribution in [0.1, 0.15) is 25.0 Å². The average molecular weight is 343 g/mol. The van der Waals surface area contributed by atoms with E-state index in [4.69, 9.17) is 19.9 Å². The van der Waals surface area contributed by atoms with Gasteiger partial charge in [-0.15, -0.1) is 0 Å². The molecule has 2 rings (SSSR count). The van der Waals surface area contributed by atoms with Gasteiger partial charge in [-0.05, 0) is 25.5 Å². The molecule has 0 aliphatic heterocycles. The van der Waals surface area contributed by atoms with Gasteiger partial charge < -0.3 is 19.9 Å². The highest BCUT2D eigenvalue weighted by Gasteiger charge is 2.32. The fraction of sp³-hybridized carbons (Fsp3) is 0.350. The molecule has 0 radical (unpaired) electrons. The first-order valence-corrected chi connectivity index (χ1v) is 8.26. The van der Waals surface area contributed by atoms with Crippen molar-refractivity contribution in [2.75, 3.05) is 13.7 Å². The van der Waals surface area contributed by atoms with Gasteiger partial charge in [-0.2, -0.15) is 0 Å².